The lowest BCUT2D eigenvalue weighted by molar-refractivity contribution is 0.891. The lowest BCUT2D eigenvalue weighted by Gasteiger charge is -2.21. The van der Waals surface area contributed by atoms with Gasteiger partial charge in [-0.2, -0.15) is 0 Å². The molecule has 0 saturated carbocycles. The van der Waals surface area contributed by atoms with Crippen LogP contribution in [0.3, 0.4) is 0 Å². The molecule has 0 atom stereocenters. The van der Waals surface area contributed by atoms with Crippen molar-refractivity contribution in [3.63, 3.8) is 0 Å². The summed E-state index contributed by atoms with van der Waals surface area (Å²) in [6.45, 7) is 1.32. The molecule has 88 valence electrons. The van der Waals surface area contributed by atoms with Crippen LogP contribution in [-0.2, 0) is 13.1 Å². The van der Waals surface area contributed by atoms with Gasteiger partial charge in [-0.15, -0.1) is 0 Å². The largest absolute Gasteiger partial charge is 0.369 e. The van der Waals surface area contributed by atoms with Crippen LogP contribution in [0.2, 0.25) is 0 Å². The van der Waals surface area contributed by atoms with Crippen molar-refractivity contribution in [2.45, 2.75) is 13.1 Å². The van der Waals surface area contributed by atoms with E-state index in [0.29, 0.717) is 6.54 Å². The first kappa shape index (κ1) is 11.5. The van der Waals surface area contributed by atoms with Crippen molar-refractivity contribution < 1.29 is 0 Å². The Morgan fingerprint density at radius 2 is 2.00 bits per heavy atom. The highest BCUT2D eigenvalue weighted by molar-refractivity contribution is 5.51. The third-order valence-corrected chi connectivity index (χ3v) is 2.66. The molecule has 2 rings (SSSR count). The van der Waals surface area contributed by atoms with Crippen LogP contribution in [0.1, 0.15) is 11.1 Å². The summed E-state index contributed by atoms with van der Waals surface area (Å²) < 4.78 is 0. The molecule has 0 aromatic carbocycles. The molecule has 0 aliphatic carbocycles. The number of nitrogens with two attached hydrogens (primary N) is 1. The molecule has 0 spiro atoms. The van der Waals surface area contributed by atoms with E-state index in [1.54, 1.807) is 12.4 Å². The molecule has 2 N–H and O–H groups in total. The zero-order valence-corrected chi connectivity index (χ0v) is 9.87. The molecule has 0 aliphatic heterocycles. The van der Waals surface area contributed by atoms with Gasteiger partial charge in [0, 0.05) is 38.7 Å². The van der Waals surface area contributed by atoms with Crippen LogP contribution >= 0.6 is 0 Å². The Balaban J connectivity index is 2.17. The molecule has 2 aromatic heterocycles. The van der Waals surface area contributed by atoms with Gasteiger partial charge in [0.25, 0.3) is 0 Å². The second kappa shape index (κ2) is 5.41. The maximum Gasteiger partial charge on any atom is 0.0598 e. The van der Waals surface area contributed by atoms with Gasteiger partial charge in [0.1, 0.15) is 0 Å². The topological polar surface area (TPSA) is 55.0 Å². The Labute approximate surface area is 101 Å². The van der Waals surface area contributed by atoms with Crippen LogP contribution in [0.25, 0.3) is 0 Å². The Morgan fingerprint density at radius 1 is 1.18 bits per heavy atom. The van der Waals surface area contributed by atoms with Gasteiger partial charge in [-0.05, 0) is 23.3 Å². The molecule has 2 heterocycles. The molecular formula is C13H16N4. The van der Waals surface area contributed by atoms with Crippen molar-refractivity contribution in [1.82, 2.24) is 9.97 Å². The number of rotatable bonds is 4. The van der Waals surface area contributed by atoms with Gasteiger partial charge >= 0.3 is 0 Å². The third-order valence-electron chi connectivity index (χ3n) is 2.66. The molecule has 4 nitrogen and oxygen atoms in total. The smallest absolute Gasteiger partial charge is 0.0598 e. The van der Waals surface area contributed by atoms with E-state index in [-0.39, 0.29) is 0 Å². The van der Waals surface area contributed by atoms with E-state index in [2.05, 4.69) is 20.9 Å². The first-order valence-corrected chi connectivity index (χ1v) is 5.54. The highest BCUT2D eigenvalue weighted by atomic mass is 15.1. The summed E-state index contributed by atoms with van der Waals surface area (Å²) in [5.74, 6) is 0. The number of aromatic nitrogens is 2. The Bertz CT molecular complexity index is 470. The van der Waals surface area contributed by atoms with Gasteiger partial charge in [-0.3, -0.25) is 9.97 Å². The number of pyridine rings is 2. The quantitative estimate of drug-likeness (QED) is 0.863. The zero-order chi connectivity index (χ0) is 12.1. The normalized spacial score (nSPS) is 10.2. The maximum atomic E-state index is 5.72. The highest BCUT2D eigenvalue weighted by Crippen LogP contribution is 2.18. The molecule has 4 heteroatoms. The fourth-order valence-corrected chi connectivity index (χ4v) is 1.78. The van der Waals surface area contributed by atoms with Crippen molar-refractivity contribution in [3.8, 4) is 0 Å². The van der Waals surface area contributed by atoms with E-state index in [1.165, 1.54) is 5.56 Å². The summed E-state index contributed by atoms with van der Waals surface area (Å²) >= 11 is 0. The maximum absolute atomic E-state index is 5.72. The average molecular weight is 228 g/mol. The molecule has 17 heavy (non-hydrogen) atoms. The molecular weight excluding hydrogens is 212 g/mol. The summed E-state index contributed by atoms with van der Waals surface area (Å²) in [5.41, 5.74) is 9.05. The predicted octanol–water partition coefficient (Wildman–Crippen LogP) is 1.57. The summed E-state index contributed by atoms with van der Waals surface area (Å²) in [4.78, 5) is 10.4. The molecule has 2 aromatic rings. The van der Waals surface area contributed by atoms with Gasteiger partial charge in [0.2, 0.25) is 0 Å². The van der Waals surface area contributed by atoms with Crippen LogP contribution in [-0.4, -0.2) is 17.0 Å². The standard InChI is InChI=1S/C13H16N4/c1-17(10-11-3-2-5-15-8-11)13-9-16-6-4-12(13)7-14/h2-6,8-9H,7,10,14H2,1H3. The fourth-order valence-electron chi connectivity index (χ4n) is 1.78. The number of hydrogen-bond donors (Lipinski definition) is 1. The summed E-state index contributed by atoms with van der Waals surface area (Å²) in [5, 5.41) is 0. The third kappa shape index (κ3) is 2.79. The first-order chi connectivity index (χ1) is 8.31. The predicted molar refractivity (Wildman–Crippen MR) is 68.5 cm³/mol. The van der Waals surface area contributed by atoms with Crippen molar-refractivity contribution >= 4 is 5.69 Å². The Kier molecular flexibility index (Phi) is 3.67. The first-order valence-electron chi connectivity index (χ1n) is 5.54. The highest BCUT2D eigenvalue weighted by Gasteiger charge is 2.06. The van der Waals surface area contributed by atoms with E-state index in [0.717, 1.165) is 17.8 Å². The zero-order valence-electron chi connectivity index (χ0n) is 9.87. The molecule has 0 aliphatic rings. The lowest BCUT2D eigenvalue weighted by Crippen LogP contribution is -2.19. The number of anilines is 1. The average Bonchev–Trinajstić information content (AvgIpc) is 2.40. The monoisotopic (exact) mass is 228 g/mol. The van der Waals surface area contributed by atoms with E-state index in [4.69, 9.17) is 5.73 Å². The van der Waals surface area contributed by atoms with E-state index in [9.17, 15) is 0 Å². The van der Waals surface area contributed by atoms with Crippen LogP contribution in [0, 0.1) is 0 Å². The van der Waals surface area contributed by atoms with Crippen molar-refractivity contribution in [1.29, 1.82) is 0 Å². The summed E-state index contributed by atoms with van der Waals surface area (Å²) in [7, 11) is 2.03. The summed E-state index contributed by atoms with van der Waals surface area (Å²) in [6.07, 6.45) is 7.26. The van der Waals surface area contributed by atoms with Gasteiger partial charge in [-0.25, -0.2) is 0 Å². The van der Waals surface area contributed by atoms with Gasteiger partial charge in [0.15, 0.2) is 0 Å². The molecule has 0 saturated heterocycles. The van der Waals surface area contributed by atoms with E-state index < -0.39 is 0 Å². The summed E-state index contributed by atoms with van der Waals surface area (Å²) in [6, 6.07) is 5.95. The van der Waals surface area contributed by atoms with Crippen LogP contribution in [0.4, 0.5) is 5.69 Å². The van der Waals surface area contributed by atoms with E-state index in [1.807, 2.05) is 31.6 Å². The Hall–Kier alpha value is -1.94. The molecule has 0 amide bonds. The van der Waals surface area contributed by atoms with Gasteiger partial charge < -0.3 is 10.6 Å². The SMILES string of the molecule is CN(Cc1cccnc1)c1cnccc1CN. The van der Waals surface area contributed by atoms with Crippen LogP contribution < -0.4 is 10.6 Å². The van der Waals surface area contributed by atoms with Gasteiger partial charge in [0.05, 0.1) is 11.9 Å². The van der Waals surface area contributed by atoms with Crippen molar-refractivity contribution in [2.24, 2.45) is 5.73 Å². The molecule has 0 unspecified atom stereocenters. The minimum absolute atomic E-state index is 0.523. The molecule has 0 bridgehead atoms. The van der Waals surface area contributed by atoms with E-state index >= 15 is 0 Å². The van der Waals surface area contributed by atoms with Crippen molar-refractivity contribution in [2.75, 3.05) is 11.9 Å². The molecule has 0 radical (unpaired) electrons. The Morgan fingerprint density at radius 3 is 2.71 bits per heavy atom. The molecule has 0 fully saturated rings. The second-order valence-corrected chi connectivity index (χ2v) is 3.93. The minimum atomic E-state index is 0.523. The van der Waals surface area contributed by atoms with Crippen molar-refractivity contribution in [3.05, 3.63) is 54.1 Å². The fraction of sp³-hybridized carbons (Fsp3) is 0.231. The van der Waals surface area contributed by atoms with Gasteiger partial charge in [-0.1, -0.05) is 6.07 Å². The van der Waals surface area contributed by atoms with Crippen LogP contribution in [0.15, 0.2) is 43.0 Å². The van der Waals surface area contributed by atoms with Crippen LogP contribution in [0.5, 0.6) is 0 Å². The lowest BCUT2D eigenvalue weighted by atomic mass is 10.2. The number of nitrogens with zero attached hydrogens (tertiary/aromatic N) is 3. The minimum Gasteiger partial charge on any atom is -0.369 e. The second-order valence-electron chi connectivity index (χ2n) is 3.93. The number of hydrogen-bond acceptors (Lipinski definition) is 4.